The summed E-state index contributed by atoms with van der Waals surface area (Å²) in [6.07, 6.45) is 1.61. The van der Waals surface area contributed by atoms with E-state index in [4.69, 9.17) is 0 Å². The van der Waals surface area contributed by atoms with Crippen molar-refractivity contribution in [1.82, 2.24) is 10.0 Å². The van der Waals surface area contributed by atoms with E-state index >= 15 is 0 Å². The zero-order chi connectivity index (χ0) is 15.5. The summed E-state index contributed by atoms with van der Waals surface area (Å²) < 4.78 is 25.9. The Balaban J connectivity index is 2.19. The van der Waals surface area contributed by atoms with Crippen LogP contribution in [0.3, 0.4) is 0 Å². The average Bonchev–Trinajstić information content (AvgIpc) is 2.50. The monoisotopic (exact) mass is 311 g/mol. The van der Waals surface area contributed by atoms with Crippen molar-refractivity contribution in [2.75, 3.05) is 25.5 Å². The molecular weight excluding hydrogens is 290 g/mol. The lowest BCUT2D eigenvalue weighted by Crippen LogP contribution is -2.34. The molecule has 1 saturated heterocycles. The maximum atomic E-state index is 12.2. The van der Waals surface area contributed by atoms with Crippen LogP contribution in [0.15, 0.2) is 23.1 Å². The summed E-state index contributed by atoms with van der Waals surface area (Å²) in [6, 6.07) is 4.73. The van der Waals surface area contributed by atoms with Gasteiger partial charge in [0.25, 0.3) is 0 Å². The summed E-state index contributed by atoms with van der Waals surface area (Å²) in [7, 11) is -2.15. The van der Waals surface area contributed by atoms with Gasteiger partial charge in [-0.05, 0) is 57.6 Å². The van der Waals surface area contributed by atoms with Crippen LogP contribution < -0.4 is 15.4 Å². The van der Waals surface area contributed by atoms with E-state index in [1.807, 2.05) is 6.92 Å². The Hall–Kier alpha value is -1.44. The van der Waals surface area contributed by atoms with Crippen molar-refractivity contribution in [2.24, 2.45) is 5.92 Å². The highest BCUT2D eigenvalue weighted by molar-refractivity contribution is 7.89. The average molecular weight is 311 g/mol. The molecule has 0 unspecified atom stereocenters. The van der Waals surface area contributed by atoms with Gasteiger partial charge in [-0.1, -0.05) is 6.07 Å². The van der Waals surface area contributed by atoms with Crippen LogP contribution in [-0.4, -0.2) is 34.5 Å². The molecule has 0 bridgehead atoms. The Morgan fingerprint density at radius 3 is 2.57 bits per heavy atom. The van der Waals surface area contributed by atoms with Crippen LogP contribution in [0.2, 0.25) is 0 Å². The number of hydrogen-bond donors (Lipinski definition) is 3. The molecule has 3 N–H and O–H groups in total. The van der Waals surface area contributed by atoms with E-state index in [0.29, 0.717) is 5.69 Å². The van der Waals surface area contributed by atoms with Crippen molar-refractivity contribution in [3.8, 4) is 0 Å². The Kier molecular flexibility index (Phi) is 4.97. The normalized spacial score (nSPS) is 16.7. The smallest absolute Gasteiger partial charge is 0.240 e. The SMILES string of the molecule is CNS(=O)(=O)c1ccc(C)c(NC(=O)C2CCNCC2)c1. The number of carbonyl (C=O) groups excluding carboxylic acids is 1. The molecular formula is C14H21N3O3S. The maximum absolute atomic E-state index is 12.2. The van der Waals surface area contributed by atoms with Crippen molar-refractivity contribution in [3.05, 3.63) is 23.8 Å². The lowest BCUT2D eigenvalue weighted by atomic mass is 9.97. The van der Waals surface area contributed by atoms with E-state index in [9.17, 15) is 13.2 Å². The van der Waals surface area contributed by atoms with Crippen LogP contribution in [0.1, 0.15) is 18.4 Å². The zero-order valence-electron chi connectivity index (χ0n) is 12.3. The lowest BCUT2D eigenvalue weighted by Gasteiger charge is -2.22. The second-order valence-electron chi connectivity index (χ2n) is 5.20. The first-order valence-corrected chi connectivity index (χ1v) is 8.48. The van der Waals surface area contributed by atoms with E-state index < -0.39 is 10.0 Å². The third-order valence-electron chi connectivity index (χ3n) is 3.76. The van der Waals surface area contributed by atoms with Crippen LogP contribution in [-0.2, 0) is 14.8 Å². The molecule has 1 aliphatic heterocycles. The van der Waals surface area contributed by atoms with Crippen LogP contribution in [0.5, 0.6) is 0 Å². The molecule has 0 atom stereocenters. The molecule has 1 amide bonds. The molecule has 0 saturated carbocycles. The van der Waals surface area contributed by atoms with Gasteiger partial charge in [0.15, 0.2) is 0 Å². The summed E-state index contributed by atoms with van der Waals surface area (Å²) in [5, 5.41) is 6.07. The highest BCUT2D eigenvalue weighted by atomic mass is 32.2. The van der Waals surface area contributed by atoms with Crippen molar-refractivity contribution in [2.45, 2.75) is 24.7 Å². The second kappa shape index (κ2) is 6.55. The standard InChI is InChI=1S/C14H21N3O3S/c1-10-3-4-12(21(19,20)15-2)9-13(10)17-14(18)11-5-7-16-8-6-11/h3-4,9,11,15-16H,5-8H2,1-2H3,(H,17,18). The molecule has 1 aliphatic rings. The minimum atomic E-state index is -3.51. The molecule has 1 heterocycles. The van der Waals surface area contributed by atoms with Crippen LogP contribution in [0, 0.1) is 12.8 Å². The van der Waals surface area contributed by atoms with Gasteiger partial charge in [0.2, 0.25) is 15.9 Å². The summed E-state index contributed by atoms with van der Waals surface area (Å²) in [5.41, 5.74) is 1.39. The number of benzene rings is 1. The Morgan fingerprint density at radius 2 is 1.95 bits per heavy atom. The van der Waals surface area contributed by atoms with Gasteiger partial charge in [0.05, 0.1) is 4.90 Å². The number of amides is 1. The Morgan fingerprint density at radius 1 is 1.29 bits per heavy atom. The van der Waals surface area contributed by atoms with Gasteiger partial charge < -0.3 is 10.6 Å². The highest BCUT2D eigenvalue weighted by Gasteiger charge is 2.22. The fourth-order valence-electron chi connectivity index (χ4n) is 2.34. The first-order chi connectivity index (χ1) is 9.94. The van der Waals surface area contributed by atoms with Gasteiger partial charge in [0.1, 0.15) is 0 Å². The maximum Gasteiger partial charge on any atom is 0.240 e. The molecule has 7 heteroatoms. The van der Waals surface area contributed by atoms with Gasteiger partial charge in [-0.25, -0.2) is 13.1 Å². The number of aryl methyl sites for hydroxylation is 1. The summed E-state index contributed by atoms with van der Waals surface area (Å²) >= 11 is 0. The fourth-order valence-corrected chi connectivity index (χ4v) is 3.10. The van der Waals surface area contributed by atoms with E-state index in [2.05, 4.69) is 15.4 Å². The van der Waals surface area contributed by atoms with Gasteiger partial charge >= 0.3 is 0 Å². The minimum Gasteiger partial charge on any atom is -0.326 e. The molecule has 0 aliphatic carbocycles. The summed E-state index contributed by atoms with van der Waals surface area (Å²) in [6.45, 7) is 3.52. The van der Waals surface area contributed by atoms with E-state index in [-0.39, 0.29) is 16.7 Å². The van der Waals surface area contributed by atoms with E-state index in [1.54, 1.807) is 6.07 Å². The topological polar surface area (TPSA) is 87.3 Å². The number of sulfonamides is 1. The van der Waals surface area contributed by atoms with Crippen LogP contribution in [0.4, 0.5) is 5.69 Å². The van der Waals surface area contributed by atoms with Crippen LogP contribution in [0.25, 0.3) is 0 Å². The number of carbonyl (C=O) groups is 1. The molecule has 0 aromatic heterocycles. The third-order valence-corrected chi connectivity index (χ3v) is 5.17. The highest BCUT2D eigenvalue weighted by Crippen LogP contribution is 2.22. The Bertz CT molecular complexity index is 622. The van der Waals surface area contributed by atoms with Gasteiger partial charge in [-0.3, -0.25) is 4.79 Å². The number of anilines is 1. The Labute approximate surface area is 125 Å². The number of hydrogen-bond acceptors (Lipinski definition) is 4. The quantitative estimate of drug-likeness (QED) is 0.769. The minimum absolute atomic E-state index is 0.0183. The van der Waals surface area contributed by atoms with E-state index in [0.717, 1.165) is 31.5 Å². The molecule has 1 aromatic carbocycles. The molecule has 0 radical (unpaired) electrons. The van der Waals surface area contributed by atoms with Crippen molar-refractivity contribution >= 4 is 21.6 Å². The number of rotatable bonds is 4. The molecule has 116 valence electrons. The third kappa shape index (κ3) is 3.81. The molecule has 21 heavy (non-hydrogen) atoms. The lowest BCUT2D eigenvalue weighted by molar-refractivity contribution is -0.120. The fraction of sp³-hybridized carbons (Fsp3) is 0.500. The van der Waals surface area contributed by atoms with Crippen molar-refractivity contribution in [1.29, 1.82) is 0 Å². The van der Waals surface area contributed by atoms with Gasteiger partial charge in [-0.2, -0.15) is 0 Å². The summed E-state index contributed by atoms with van der Waals surface area (Å²) in [4.78, 5) is 12.4. The van der Waals surface area contributed by atoms with Crippen LogP contribution >= 0.6 is 0 Å². The first-order valence-electron chi connectivity index (χ1n) is 7.00. The predicted molar refractivity (Wildman–Crippen MR) is 81.6 cm³/mol. The van der Waals surface area contributed by atoms with E-state index in [1.165, 1.54) is 19.2 Å². The van der Waals surface area contributed by atoms with Gasteiger partial charge in [-0.15, -0.1) is 0 Å². The second-order valence-corrected chi connectivity index (χ2v) is 7.08. The van der Waals surface area contributed by atoms with Crippen molar-refractivity contribution in [3.63, 3.8) is 0 Å². The van der Waals surface area contributed by atoms with Gasteiger partial charge in [0, 0.05) is 11.6 Å². The molecule has 1 fully saturated rings. The van der Waals surface area contributed by atoms with Crippen molar-refractivity contribution < 1.29 is 13.2 Å². The molecule has 2 rings (SSSR count). The zero-order valence-corrected chi connectivity index (χ0v) is 13.1. The summed E-state index contributed by atoms with van der Waals surface area (Å²) in [5.74, 6) is -0.0613. The number of nitrogens with one attached hydrogen (secondary N) is 3. The molecule has 1 aromatic rings. The number of piperidine rings is 1. The predicted octanol–water partition coefficient (Wildman–Crippen LogP) is 0.841. The molecule has 6 nitrogen and oxygen atoms in total. The largest absolute Gasteiger partial charge is 0.326 e. The molecule has 0 spiro atoms. The first kappa shape index (κ1) is 15.9.